The van der Waals surface area contributed by atoms with Crippen molar-refractivity contribution in [3.63, 3.8) is 0 Å². The molecule has 1 aliphatic heterocycles. The van der Waals surface area contributed by atoms with Gasteiger partial charge in [0.05, 0.1) is 33.7 Å². The Labute approximate surface area is 203 Å². The molecule has 172 valence electrons. The molecule has 3 aromatic rings. The van der Waals surface area contributed by atoms with Crippen molar-refractivity contribution in [2.75, 3.05) is 11.4 Å². The number of nitrogens with zero attached hydrogens (tertiary/aromatic N) is 5. The predicted octanol–water partition coefficient (Wildman–Crippen LogP) is 6.31. The molecule has 0 atom stereocenters. The quantitative estimate of drug-likeness (QED) is 0.404. The van der Waals surface area contributed by atoms with Crippen molar-refractivity contribution in [1.82, 2.24) is 19.9 Å². The van der Waals surface area contributed by atoms with E-state index in [9.17, 15) is 0 Å². The number of pyridine rings is 1. The second kappa shape index (κ2) is 9.53. The number of aryl methyl sites for hydroxylation is 2. The van der Waals surface area contributed by atoms with Crippen LogP contribution in [-0.2, 0) is 11.3 Å². The Kier molecular flexibility index (Phi) is 6.72. The van der Waals surface area contributed by atoms with Gasteiger partial charge >= 0.3 is 0 Å². The van der Waals surface area contributed by atoms with E-state index in [0.717, 1.165) is 34.2 Å². The highest BCUT2D eigenvalue weighted by Gasteiger charge is 2.23. The van der Waals surface area contributed by atoms with Gasteiger partial charge in [-0.2, -0.15) is 0 Å². The molecule has 0 saturated heterocycles. The smallest absolute Gasteiger partial charge is 0.191 e. The molecule has 0 spiro atoms. The first-order valence-corrected chi connectivity index (χ1v) is 11.4. The molecule has 3 aromatic heterocycles. The summed E-state index contributed by atoms with van der Waals surface area (Å²) in [5.74, 6) is 2.19. The predicted molar refractivity (Wildman–Crippen MR) is 129 cm³/mol. The number of halogens is 2. The number of ether oxygens (including phenoxy) is 1. The van der Waals surface area contributed by atoms with E-state index in [2.05, 4.69) is 28.8 Å². The molecule has 0 aliphatic carbocycles. The maximum Gasteiger partial charge on any atom is 0.191 e. The summed E-state index contributed by atoms with van der Waals surface area (Å²) >= 11 is 13.2. The first kappa shape index (κ1) is 23.3. The average molecular weight is 486 g/mol. The lowest BCUT2D eigenvalue weighted by Crippen LogP contribution is -2.27. The van der Waals surface area contributed by atoms with Crippen LogP contribution in [0.5, 0.6) is 0 Å². The zero-order chi connectivity index (χ0) is 23.7. The highest BCUT2D eigenvalue weighted by Crippen LogP contribution is 2.36. The minimum atomic E-state index is 0.215. The van der Waals surface area contributed by atoms with Crippen molar-refractivity contribution < 1.29 is 9.15 Å². The third-order valence-corrected chi connectivity index (χ3v) is 5.84. The fraction of sp³-hybridized carbons (Fsp3) is 0.333. The lowest BCUT2D eigenvalue weighted by atomic mass is 10.1. The summed E-state index contributed by atoms with van der Waals surface area (Å²) in [5, 5.41) is 1.09. The molecule has 4 heterocycles. The summed E-state index contributed by atoms with van der Waals surface area (Å²) in [6, 6.07) is 1.94. The van der Waals surface area contributed by atoms with Crippen LogP contribution in [0.2, 0.25) is 5.02 Å². The van der Waals surface area contributed by atoms with Crippen LogP contribution in [0, 0.1) is 13.8 Å². The number of hydrogen-bond acceptors (Lipinski definition) is 7. The molecule has 33 heavy (non-hydrogen) atoms. The number of allylic oxidation sites excluding steroid dienone is 2. The van der Waals surface area contributed by atoms with Crippen molar-refractivity contribution in [3.05, 3.63) is 75.3 Å². The van der Waals surface area contributed by atoms with Crippen molar-refractivity contribution in [2.45, 2.75) is 47.1 Å². The van der Waals surface area contributed by atoms with Crippen LogP contribution in [-0.4, -0.2) is 26.5 Å². The minimum absolute atomic E-state index is 0.215. The van der Waals surface area contributed by atoms with Gasteiger partial charge in [0.25, 0.3) is 0 Å². The van der Waals surface area contributed by atoms with Gasteiger partial charge in [-0.3, -0.25) is 4.98 Å². The van der Waals surface area contributed by atoms with E-state index in [4.69, 9.17) is 37.3 Å². The highest BCUT2D eigenvalue weighted by molar-refractivity contribution is 6.33. The summed E-state index contributed by atoms with van der Waals surface area (Å²) in [4.78, 5) is 20.0. The van der Waals surface area contributed by atoms with Crippen molar-refractivity contribution in [3.8, 4) is 11.4 Å². The summed E-state index contributed by atoms with van der Waals surface area (Å²) in [5.41, 5.74) is 4.91. The number of oxazole rings is 1. The van der Waals surface area contributed by atoms with E-state index < -0.39 is 0 Å². The lowest BCUT2D eigenvalue weighted by molar-refractivity contribution is 0.204. The Bertz CT molecular complexity index is 1250. The molecule has 0 radical (unpaired) electrons. The summed E-state index contributed by atoms with van der Waals surface area (Å²) in [6.07, 6.45) is 6.95. The third kappa shape index (κ3) is 5.04. The molecule has 0 aromatic carbocycles. The van der Waals surface area contributed by atoms with Crippen LogP contribution in [0.1, 0.15) is 49.7 Å². The second-order valence-electron chi connectivity index (χ2n) is 8.22. The van der Waals surface area contributed by atoms with Crippen LogP contribution in [0.4, 0.5) is 5.69 Å². The summed E-state index contributed by atoms with van der Waals surface area (Å²) < 4.78 is 11.1. The molecule has 0 unspecified atom stereocenters. The number of hydrogen-bond donors (Lipinski definition) is 0. The second-order valence-corrected chi connectivity index (χ2v) is 9.09. The largest absolute Gasteiger partial charge is 0.486 e. The molecule has 0 fully saturated rings. The van der Waals surface area contributed by atoms with Crippen LogP contribution in [0.15, 0.2) is 51.7 Å². The molecule has 0 saturated carbocycles. The van der Waals surface area contributed by atoms with Crippen molar-refractivity contribution in [2.24, 2.45) is 0 Å². The van der Waals surface area contributed by atoms with Gasteiger partial charge in [-0.05, 0) is 25.5 Å². The molecule has 9 heteroatoms. The highest BCUT2D eigenvalue weighted by atomic mass is 35.5. The van der Waals surface area contributed by atoms with E-state index in [1.165, 1.54) is 0 Å². The Morgan fingerprint density at radius 1 is 1.12 bits per heavy atom. The first-order chi connectivity index (χ1) is 15.7. The third-order valence-electron chi connectivity index (χ3n) is 5.25. The molecular weight excluding hydrogens is 461 g/mol. The number of rotatable bonds is 6. The molecule has 7 nitrogen and oxygen atoms in total. The van der Waals surface area contributed by atoms with Crippen molar-refractivity contribution in [1.29, 1.82) is 0 Å². The van der Waals surface area contributed by atoms with Crippen LogP contribution in [0.3, 0.4) is 0 Å². The fourth-order valence-corrected chi connectivity index (χ4v) is 3.90. The average Bonchev–Trinajstić information content (AvgIpc) is 3.20. The molecule has 0 amide bonds. The SMILES string of the molecule is CC1=CC(OCc2coc(C)n2)=C(Cl)CN1c1cc(-c2nc(C(C)C)ncc2C)ncc1Cl. The first-order valence-electron chi connectivity index (χ1n) is 10.6. The van der Waals surface area contributed by atoms with E-state index in [0.29, 0.717) is 33.9 Å². The van der Waals surface area contributed by atoms with E-state index in [1.54, 1.807) is 19.4 Å². The summed E-state index contributed by atoms with van der Waals surface area (Å²) in [7, 11) is 0. The van der Waals surface area contributed by atoms with E-state index in [-0.39, 0.29) is 12.5 Å². The van der Waals surface area contributed by atoms with Gasteiger partial charge in [-0.1, -0.05) is 37.0 Å². The van der Waals surface area contributed by atoms with Gasteiger partial charge in [0.15, 0.2) is 5.89 Å². The van der Waals surface area contributed by atoms with Gasteiger partial charge in [-0.15, -0.1) is 0 Å². The zero-order valence-corrected chi connectivity index (χ0v) is 20.7. The number of aromatic nitrogens is 4. The van der Waals surface area contributed by atoms with Crippen LogP contribution in [0.25, 0.3) is 11.4 Å². The molecule has 0 N–H and O–H groups in total. The topological polar surface area (TPSA) is 77.2 Å². The molecular formula is C24H25Cl2N5O2. The fourth-order valence-electron chi connectivity index (χ4n) is 3.47. The monoisotopic (exact) mass is 485 g/mol. The van der Waals surface area contributed by atoms with Gasteiger partial charge in [0, 0.05) is 37.0 Å². The standard InChI is InChI=1S/C24H25Cl2N5O2/c1-13(2)24-28-8-14(3)23(30-24)20-7-21(18(25)9-27-20)31-10-19(26)22(6-15(31)4)33-12-17-11-32-16(5)29-17/h6-9,11,13H,10,12H2,1-5H3. The molecule has 0 bridgehead atoms. The Morgan fingerprint density at radius 3 is 2.61 bits per heavy atom. The summed E-state index contributed by atoms with van der Waals surface area (Å²) in [6.45, 7) is 10.6. The normalized spacial score (nSPS) is 14.2. The van der Waals surface area contributed by atoms with Gasteiger partial charge < -0.3 is 14.1 Å². The minimum Gasteiger partial charge on any atom is -0.486 e. The maximum absolute atomic E-state index is 6.60. The Balaban J connectivity index is 1.61. The Morgan fingerprint density at radius 2 is 1.91 bits per heavy atom. The van der Waals surface area contributed by atoms with Gasteiger partial charge in [-0.25, -0.2) is 15.0 Å². The lowest BCUT2D eigenvalue weighted by Gasteiger charge is -2.30. The molecule has 4 rings (SSSR count). The van der Waals surface area contributed by atoms with Gasteiger partial charge in [0.1, 0.15) is 30.1 Å². The van der Waals surface area contributed by atoms with Crippen LogP contribution >= 0.6 is 23.2 Å². The Hall–Kier alpha value is -2.90. The van der Waals surface area contributed by atoms with E-state index >= 15 is 0 Å². The van der Waals surface area contributed by atoms with Crippen LogP contribution < -0.4 is 4.90 Å². The van der Waals surface area contributed by atoms with E-state index in [1.807, 2.05) is 37.1 Å². The van der Waals surface area contributed by atoms with Crippen molar-refractivity contribution >= 4 is 28.9 Å². The number of anilines is 1. The van der Waals surface area contributed by atoms with Gasteiger partial charge in [0.2, 0.25) is 0 Å². The maximum atomic E-state index is 6.60. The molecule has 1 aliphatic rings. The zero-order valence-electron chi connectivity index (χ0n) is 19.2.